The summed E-state index contributed by atoms with van der Waals surface area (Å²) in [6.07, 6.45) is 0. The molecule has 182 valence electrons. The summed E-state index contributed by atoms with van der Waals surface area (Å²) >= 11 is 4.55. The van der Waals surface area contributed by atoms with Crippen LogP contribution in [0.3, 0.4) is 0 Å². The van der Waals surface area contributed by atoms with Gasteiger partial charge < -0.3 is 10.2 Å². The van der Waals surface area contributed by atoms with E-state index < -0.39 is 0 Å². The number of halogens is 1. The highest BCUT2D eigenvalue weighted by atomic mass is 32.1. The van der Waals surface area contributed by atoms with Crippen molar-refractivity contribution < 1.29 is 9.18 Å². The summed E-state index contributed by atoms with van der Waals surface area (Å²) in [4.78, 5) is 20.5. The summed E-state index contributed by atoms with van der Waals surface area (Å²) < 4.78 is 14.7. The molecule has 0 aliphatic heterocycles. The molecule has 0 aliphatic carbocycles. The molecule has 0 fully saturated rings. The monoisotopic (exact) mass is 497 g/mol. The fraction of sp³-hybridized carbons (Fsp3) is 0.133. The van der Waals surface area contributed by atoms with E-state index in [1.54, 1.807) is 36.4 Å². The van der Waals surface area contributed by atoms with Gasteiger partial charge in [0, 0.05) is 46.9 Å². The standard InChI is InChI=1S/C30H28FN3OS/c1-2-34(24-13-7-4-8-14-24)20-19-32-30(35)23-17-18-28(36)27(21-23)33-29(22-11-5-3-6-12-22)25-15-9-10-16-26(25)31/h3-18,21,36H,2,19-20H2,1H3,(H,32,35). The Kier molecular flexibility index (Phi) is 8.53. The Morgan fingerprint density at radius 3 is 2.25 bits per heavy atom. The molecule has 4 aromatic carbocycles. The van der Waals surface area contributed by atoms with E-state index in [9.17, 15) is 9.18 Å². The van der Waals surface area contributed by atoms with Gasteiger partial charge in [-0.05, 0) is 49.4 Å². The van der Waals surface area contributed by atoms with Crippen LogP contribution < -0.4 is 10.2 Å². The van der Waals surface area contributed by atoms with Gasteiger partial charge in [-0.15, -0.1) is 12.6 Å². The van der Waals surface area contributed by atoms with Gasteiger partial charge >= 0.3 is 0 Å². The average molecular weight is 498 g/mol. The van der Waals surface area contributed by atoms with Gasteiger partial charge in [-0.1, -0.05) is 60.7 Å². The minimum atomic E-state index is -0.367. The number of amides is 1. The van der Waals surface area contributed by atoms with Crippen LogP contribution in [-0.4, -0.2) is 31.3 Å². The molecule has 0 heterocycles. The second-order valence-corrected chi connectivity index (χ2v) is 8.66. The number of hydrogen-bond acceptors (Lipinski definition) is 4. The maximum atomic E-state index is 14.7. The second-order valence-electron chi connectivity index (χ2n) is 8.18. The highest BCUT2D eigenvalue weighted by molar-refractivity contribution is 7.80. The van der Waals surface area contributed by atoms with Crippen molar-refractivity contribution in [1.29, 1.82) is 0 Å². The Morgan fingerprint density at radius 2 is 1.56 bits per heavy atom. The minimum absolute atomic E-state index is 0.198. The number of hydrogen-bond donors (Lipinski definition) is 2. The van der Waals surface area contributed by atoms with Crippen molar-refractivity contribution in [3.05, 3.63) is 126 Å². The number of aliphatic imine (C=N–C) groups is 1. The molecule has 1 amide bonds. The van der Waals surface area contributed by atoms with Gasteiger partial charge in [-0.25, -0.2) is 9.38 Å². The van der Waals surface area contributed by atoms with E-state index in [2.05, 4.69) is 41.9 Å². The lowest BCUT2D eigenvalue weighted by molar-refractivity contribution is 0.0954. The van der Waals surface area contributed by atoms with Gasteiger partial charge in [0.05, 0.1) is 11.4 Å². The Balaban J connectivity index is 1.56. The predicted octanol–water partition coefficient (Wildman–Crippen LogP) is 6.54. The number of para-hydroxylation sites is 1. The van der Waals surface area contributed by atoms with Crippen molar-refractivity contribution in [2.24, 2.45) is 4.99 Å². The summed E-state index contributed by atoms with van der Waals surface area (Å²) in [5.74, 6) is -0.565. The molecule has 4 nitrogen and oxygen atoms in total. The Morgan fingerprint density at radius 1 is 0.889 bits per heavy atom. The first-order chi connectivity index (χ1) is 17.6. The molecule has 0 radical (unpaired) electrons. The number of thiol groups is 1. The lowest BCUT2D eigenvalue weighted by Crippen LogP contribution is -2.34. The molecule has 1 N–H and O–H groups in total. The number of nitrogens with one attached hydrogen (secondary N) is 1. The zero-order chi connectivity index (χ0) is 25.3. The maximum absolute atomic E-state index is 14.7. The summed E-state index contributed by atoms with van der Waals surface area (Å²) in [6, 6.07) is 31.2. The number of carbonyl (C=O) groups excluding carboxylic acids is 1. The van der Waals surface area contributed by atoms with Crippen LogP contribution in [-0.2, 0) is 0 Å². The van der Waals surface area contributed by atoms with Gasteiger partial charge in [0.2, 0.25) is 0 Å². The van der Waals surface area contributed by atoms with E-state index >= 15 is 0 Å². The number of carbonyl (C=O) groups is 1. The molecule has 0 saturated heterocycles. The van der Waals surface area contributed by atoms with Crippen molar-refractivity contribution in [3.8, 4) is 0 Å². The number of nitrogens with zero attached hydrogens (tertiary/aromatic N) is 2. The Bertz CT molecular complexity index is 1340. The van der Waals surface area contributed by atoms with Crippen LogP contribution in [0.1, 0.15) is 28.4 Å². The molecule has 4 rings (SSSR count). The van der Waals surface area contributed by atoms with Gasteiger partial charge in [-0.2, -0.15) is 0 Å². The number of anilines is 1. The predicted molar refractivity (Wildman–Crippen MR) is 148 cm³/mol. The van der Waals surface area contributed by atoms with Crippen molar-refractivity contribution in [2.45, 2.75) is 11.8 Å². The molecule has 0 bridgehead atoms. The lowest BCUT2D eigenvalue weighted by atomic mass is 10.0. The first kappa shape index (κ1) is 25.2. The quantitative estimate of drug-likeness (QED) is 0.204. The Labute approximate surface area is 216 Å². The van der Waals surface area contributed by atoms with Crippen LogP contribution in [0.25, 0.3) is 0 Å². The van der Waals surface area contributed by atoms with E-state index in [0.717, 1.165) is 17.8 Å². The van der Waals surface area contributed by atoms with Gasteiger partial charge in [0.25, 0.3) is 5.91 Å². The van der Waals surface area contributed by atoms with Crippen LogP contribution in [0, 0.1) is 5.82 Å². The molecule has 0 aliphatic rings. The Hall–Kier alpha value is -3.90. The lowest BCUT2D eigenvalue weighted by Gasteiger charge is -2.23. The van der Waals surface area contributed by atoms with Crippen molar-refractivity contribution >= 4 is 35.6 Å². The molecule has 6 heteroatoms. The van der Waals surface area contributed by atoms with Crippen LogP contribution in [0.15, 0.2) is 113 Å². The van der Waals surface area contributed by atoms with Crippen LogP contribution in [0.5, 0.6) is 0 Å². The molecular formula is C30H28FN3OS. The van der Waals surface area contributed by atoms with E-state index in [-0.39, 0.29) is 11.7 Å². The SMILES string of the molecule is CCN(CCNC(=O)c1ccc(S)c(N=C(c2ccccc2)c2ccccc2F)c1)c1ccccc1. The average Bonchev–Trinajstić information content (AvgIpc) is 2.92. The summed E-state index contributed by atoms with van der Waals surface area (Å²) in [7, 11) is 0. The zero-order valence-corrected chi connectivity index (χ0v) is 21.0. The van der Waals surface area contributed by atoms with E-state index in [0.29, 0.717) is 40.5 Å². The number of benzene rings is 4. The fourth-order valence-corrected chi connectivity index (χ4v) is 4.11. The maximum Gasteiger partial charge on any atom is 0.251 e. The smallest absolute Gasteiger partial charge is 0.251 e. The van der Waals surface area contributed by atoms with Gasteiger partial charge in [0.1, 0.15) is 5.82 Å². The van der Waals surface area contributed by atoms with Crippen molar-refractivity contribution in [1.82, 2.24) is 5.32 Å². The summed E-state index contributed by atoms with van der Waals surface area (Å²) in [5.41, 5.74) is 3.70. The van der Waals surface area contributed by atoms with E-state index in [1.165, 1.54) is 6.07 Å². The van der Waals surface area contributed by atoms with Crippen LogP contribution >= 0.6 is 12.6 Å². The topological polar surface area (TPSA) is 44.7 Å². The highest BCUT2D eigenvalue weighted by Crippen LogP contribution is 2.27. The molecule has 36 heavy (non-hydrogen) atoms. The molecule has 4 aromatic rings. The largest absolute Gasteiger partial charge is 0.370 e. The molecule has 0 unspecified atom stereocenters. The number of likely N-dealkylation sites (N-methyl/N-ethyl adjacent to an activating group) is 1. The molecule has 0 saturated carbocycles. The van der Waals surface area contributed by atoms with Crippen molar-refractivity contribution in [3.63, 3.8) is 0 Å². The molecule has 0 atom stereocenters. The third-order valence-electron chi connectivity index (χ3n) is 5.82. The van der Waals surface area contributed by atoms with Crippen LogP contribution in [0.4, 0.5) is 15.8 Å². The van der Waals surface area contributed by atoms with Crippen molar-refractivity contribution in [2.75, 3.05) is 24.5 Å². The molecule has 0 aromatic heterocycles. The molecule has 0 spiro atoms. The minimum Gasteiger partial charge on any atom is -0.370 e. The van der Waals surface area contributed by atoms with Gasteiger partial charge in [-0.3, -0.25) is 4.79 Å². The van der Waals surface area contributed by atoms with Crippen LogP contribution in [0.2, 0.25) is 0 Å². The first-order valence-electron chi connectivity index (χ1n) is 11.9. The third kappa shape index (κ3) is 6.20. The zero-order valence-electron chi connectivity index (χ0n) is 20.1. The first-order valence-corrected chi connectivity index (χ1v) is 12.3. The third-order valence-corrected chi connectivity index (χ3v) is 6.19. The molecular weight excluding hydrogens is 469 g/mol. The van der Waals surface area contributed by atoms with E-state index in [4.69, 9.17) is 4.99 Å². The summed E-state index contributed by atoms with van der Waals surface area (Å²) in [6.45, 7) is 4.11. The highest BCUT2D eigenvalue weighted by Gasteiger charge is 2.14. The number of rotatable bonds is 9. The normalized spacial score (nSPS) is 11.2. The van der Waals surface area contributed by atoms with Gasteiger partial charge in [0.15, 0.2) is 0 Å². The second kappa shape index (κ2) is 12.2. The van der Waals surface area contributed by atoms with E-state index in [1.807, 2.05) is 48.5 Å². The fourth-order valence-electron chi connectivity index (χ4n) is 3.92. The summed E-state index contributed by atoms with van der Waals surface area (Å²) in [5, 5.41) is 2.99.